The predicted molar refractivity (Wildman–Crippen MR) is 160 cm³/mol. The Morgan fingerprint density at radius 2 is 1.35 bits per heavy atom. The van der Waals surface area contributed by atoms with Crippen LogP contribution in [0.5, 0.6) is 23.0 Å². The Bertz CT molecular complexity index is 1330. The van der Waals surface area contributed by atoms with E-state index in [1.807, 2.05) is 69.3 Å². The summed E-state index contributed by atoms with van der Waals surface area (Å²) in [6, 6.07) is 15.4. The molecule has 2 amide bonds. The van der Waals surface area contributed by atoms with Crippen LogP contribution in [0.4, 0.5) is 4.79 Å². The fourth-order valence-corrected chi connectivity index (χ4v) is 4.62. The summed E-state index contributed by atoms with van der Waals surface area (Å²) in [5, 5.41) is 5.84. The molecule has 3 rings (SSSR count). The molecule has 0 radical (unpaired) electrons. The molecule has 0 aliphatic carbocycles. The first-order valence-corrected chi connectivity index (χ1v) is 13.9. The van der Waals surface area contributed by atoms with Crippen LogP contribution in [-0.4, -0.2) is 63.0 Å². The number of benzene rings is 2. The van der Waals surface area contributed by atoms with Crippen molar-refractivity contribution in [1.82, 2.24) is 15.6 Å². The van der Waals surface area contributed by atoms with Gasteiger partial charge in [-0.15, -0.1) is 0 Å². The maximum Gasteiger partial charge on any atom is 0.514 e. The maximum absolute atomic E-state index is 13.7. The molecule has 0 unspecified atom stereocenters. The molecule has 0 aliphatic heterocycles. The Morgan fingerprint density at radius 3 is 1.81 bits per heavy atom. The van der Waals surface area contributed by atoms with E-state index in [1.54, 1.807) is 21.1 Å². The number of nitrogens with zero attached hydrogens (tertiary/aromatic N) is 1. The lowest BCUT2D eigenvalue weighted by molar-refractivity contribution is -0.124. The number of hydrogen-bond acceptors (Lipinski definition) is 9. The van der Waals surface area contributed by atoms with Crippen LogP contribution in [0.3, 0.4) is 0 Å². The van der Waals surface area contributed by atoms with Gasteiger partial charge in [0, 0.05) is 24.2 Å². The van der Waals surface area contributed by atoms with Crippen molar-refractivity contribution in [3.05, 3.63) is 77.6 Å². The summed E-state index contributed by atoms with van der Waals surface area (Å²) in [6.45, 7) is 7.23. The predicted octanol–water partition coefficient (Wildman–Crippen LogP) is 4.73. The second-order valence-electron chi connectivity index (χ2n) is 9.99. The summed E-state index contributed by atoms with van der Waals surface area (Å²) < 4.78 is 26.0. The van der Waals surface area contributed by atoms with E-state index in [1.165, 1.54) is 19.4 Å². The Morgan fingerprint density at radius 1 is 0.791 bits per heavy atom. The molecule has 2 N–H and O–H groups in total. The number of aromatic nitrogens is 1. The topological polar surface area (TPSA) is 134 Å². The minimum absolute atomic E-state index is 0.0742. The number of rotatable bonds is 13. The Labute approximate surface area is 251 Å². The molecule has 43 heavy (non-hydrogen) atoms. The highest BCUT2D eigenvalue weighted by Crippen LogP contribution is 2.32. The molecular weight excluding hydrogens is 554 g/mol. The molecule has 2 aromatic carbocycles. The zero-order valence-corrected chi connectivity index (χ0v) is 25.5. The van der Waals surface area contributed by atoms with Gasteiger partial charge in [0.1, 0.15) is 17.5 Å². The van der Waals surface area contributed by atoms with E-state index >= 15 is 0 Å². The van der Waals surface area contributed by atoms with E-state index in [-0.39, 0.29) is 41.7 Å². The summed E-state index contributed by atoms with van der Waals surface area (Å²) in [6.07, 6.45) is 0.324. The minimum atomic E-state index is -1.02. The summed E-state index contributed by atoms with van der Waals surface area (Å²) in [5.74, 6) is -0.306. The fourth-order valence-electron chi connectivity index (χ4n) is 4.62. The number of nitrogens with one attached hydrogen (secondary N) is 2. The first-order chi connectivity index (χ1) is 20.6. The molecule has 0 bridgehead atoms. The van der Waals surface area contributed by atoms with Crippen LogP contribution in [0.25, 0.3) is 0 Å². The largest absolute Gasteiger partial charge is 0.514 e. The maximum atomic E-state index is 13.7. The van der Waals surface area contributed by atoms with Crippen LogP contribution >= 0.6 is 0 Å². The minimum Gasteiger partial charge on any atom is -0.497 e. The molecule has 0 fully saturated rings. The molecule has 11 nitrogen and oxygen atoms in total. The van der Waals surface area contributed by atoms with Gasteiger partial charge in [-0.25, -0.2) is 9.78 Å². The summed E-state index contributed by atoms with van der Waals surface area (Å²) in [4.78, 5) is 43.2. The molecule has 3 aromatic rings. The zero-order valence-electron chi connectivity index (χ0n) is 25.5. The second-order valence-corrected chi connectivity index (χ2v) is 9.99. The highest BCUT2D eigenvalue weighted by Gasteiger charge is 2.31. The van der Waals surface area contributed by atoms with E-state index < -0.39 is 24.0 Å². The third-order valence-electron chi connectivity index (χ3n) is 6.81. The fraction of sp³-hybridized carbons (Fsp3) is 0.375. The quantitative estimate of drug-likeness (QED) is 0.270. The number of carbonyl (C=O) groups excluding carboxylic acids is 3. The van der Waals surface area contributed by atoms with Crippen molar-refractivity contribution in [3.8, 4) is 23.0 Å². The van der Waals surface area contributed by atoms with E-state index in [2.05, 4.69) is 15.6 Å². The smallest absolute Gasteiger partial charge is 0.497 e. The number of amides is 2. The molecule has 1 heterocycles. The highest BCUT2D eigenvalue weighted by atomic mass is 16.7. The molecule has 0 saturated carbocycles. The average molecular weight is 594 g/mol. The van der Waals surface area contributed by atoms with Gasteiger partial charge in [-0.1, -0.05) is 38.1 Å². The summed E-state index contributed by atoms with van der Waals surface area (Å²) >= 11 is 0. The second kappa shape index (κ2) is 15.4. The Kier molecular flexibility index (Phi) is 11.7. The zero-order chi connectivity index (χ0) is 31.5. The monoisotopic (exact) mass is 593 g/mol. The van der Waals surface area contributed by atoms with Crippen LogP contribution in [0.2, 0.25) is 0 Å². The number of ether oxygens (including phenoxy) is 5. The Balaban J connectivity index is 1.87. The van der Waals surface area contributed by atoms with E-state index in [4.69, 9.17) is 23.7 Å². The third kappa shape index (κ3) is 8.37. The van der Waals surface area contributed by atoms with Gasteiger partial charge in [-0.2, -0.15) is 0 Å². The van der Waals surface area contributed by atoms with Gasteiger partial charge in [0.25, 0.3) is 5.91 Å². The molecule has 1 aromatic heterocycles. The molecule has 0 spiro atoms. The lowest BCUT2D eigenvalue weighted by atomic mass is 9.85. The van der Waals surface area contributed by atoms with Crippen molar-refractivity contribution in [2.24, 2.45) is 5.92 Å². The van der Waals surface area contributed by atoms with E-state index in [9.17, 15) is 14.4 Å². The van der Waals surface area contributed by atoms with Crippen LogP contribution in [0, 0.1) is 5.92 Å². The van der Waals surface area contributed by atoms with Gasteiger partial charge < -0.3 is 34.3 Å². The first-order valence-electron chi connectivity index (χ1n) is 13.9. The lowest BCUT2D eigenvalue weighted by Crippen LogP contribution is -2.52. The summed E-state index contributed by atoms with van der Waals surface area (Å²) in [7, 11) is 4.57. The van der Waals surface area contributed by atoms with E-state index in [0.717, 1.165) is 11.1 Å². The number of carbonyl (C=O) groups is 3. The van der Waals surface area contributed by atoms with Crippen molar-refractivity contribution in [2.75, 3.05) is 27.9 Å². The van der Waals surface area contributed by atoms with Gasteiger partial charge in [0.05, 0.1) is 27.9 Å². The molecule has 11 heteroatoms. The van der Waals surface area contributed by atoms with Gasteiger partial charge in [-0.05, 0) is 55.2 Å². The normalized spacial score (nSPS) is 12.2. The SMILES string of the molecule is CCOC(=O)Oc1c(OC)ccnc1C(=O)N[C@H](C(=O)N[C@@H](C)C(c1ccc(OC)cc1)c1ccc(OC)cc1)C(C)C. The van der Waals surface area contributed by atoms with Crippen molar-refractivity contribution in [2.45, 2.75) is 45.7 Å². The molecule has 0 saturated heterocycles. The number of pyridine rings is 1. The molecule has 2 atom stereocenters. The van der Waals surface area contributed by atoms with Gasteiger partial charge >= 0.3 is 6.16 Å². The van der Waals surface area contributed by atoms with Crippen LogP contribution < -0.4 is 29.6 Å². The van der Waals surface area contributed by atoms with Gasteiger partial charge in [0.2, 0.25) is 11.7 Å². The van der Waals surface area contributed by atoms with Crippen molar-refractivity contribution >= 4 is 18.0 Å². The van der Waals surface area contributed by atoms with Gasteiger partial charge in [-0.3, -0.25) is 9.59 Å². The van der Waals surface area contributed by atoms with Crippen molar-refractivity contribution in [3.63, 3.8) is 0 Å². The molecular formula is C32H39N3O8. The third-order valence-corrected chi connectivity index (χ3v) is 6.81. The lowest BCUT2D eigenvalue weighted by Gasteiger charge is -2.29. The van der Waals surface area contributed by atoms with Crippen molar-refractivity contribution in [1.29, 1.82) is 0 Å². The molecule has 0 aliphatic rings. The number of methoxy groups -OCH3 is 3. The van der Waals surface area contributed by atoms with Crippen LogP contribution in [0.15, 0.2) is 60.8 Å². The van der Waals surface area contributed by atoms with Crippen LogP contribution in [-0.2, 0) is 9.53 Å². The van der Waals surface area contributed by atoms with Crippen LogP contribution in [0.1, 0.15) is 55.2 Å². The van der Waals surface area contributed by atoms with E-state index in [0.29, 0.717) is 11.5 Å². The average Bonchev–Trinajstić information content (AvgIpc) is 3.00. The van der Waals surface area contributed by atoms with Gasteiger partial charge in [0.15, 0.2) is 11.4 Å². The molecule has 230 valence electrons. The standard InChI is InChI=1S/C32H39N3O8/c1-8-42-32(38)43-29-25(41-7)17-18-33-28(29)31(37)35-27(19(2)3)30(36)34-20(4)26(21-9-13-23(39-5)14-10-21)22-11-15-24(40-6)16-12-22/h9-20,26-27H,8H2,1-7H3,(H,34,36)(H,35,37)/t20-,27-/m0/s1. The Hall–Kier alpha value is -4.80. The first kappa shape index (κ1) is 32.7. The summed E-state index contributed by atoms with van der Waals surface area (Å²) in [5.41, 5.74) is 1.70. The van der Waals surface area contributed by atoms with Crippen molar-refractivity contribution < 1.29 is 38.1 Å². The number of hydrogen-bond donors (Lipinski definition) is 2. The highest BCUT2D eigenvalue weighted by molar-refractivity contribution is 5.99.